The quantitative estimate of drug-likeness (QED) is 0.144. The highest BCUT2D eigenvalue weighted by Gasteiger charge is 2.30. The van der Waals surface area contributed by atoms with Crippen molar-refractivity contribution in [2.24, 2.45) is 0 Å². The number of imidazole rings is 1. The fourth-order valence-corrected chi connectivity index (χ4v) is 6.29. The second-order valence-corrected chi connectivity index (χ2v) is 13.8. The predicted molar refractivity (Wildman–Crippen MR) is 179 cm³/mol. The average Bonchev–Trinajstić information content (AvgIpc) is 3.41. The summed E-state index contributed by atoms with van der Waals surface area (Å²) in [5.41, 5.74) is 4.03. The Hall–Kier alpha value is -4.38. The molecular weight excluding hydrogens is 672 g/mol. The van der Waals surface area contributed by atoms with Gasteiger partial charge in [-0.15, -0.1) is 0 Å². The first-order valence-electron chi connectivity index (χ1n) is 14.1. The van der Waals surface area contributed by atoms with Gasteiger partial charge in [-0.2, -0.15) is 13.2 Å². The van der Waals surface area contributed by atoms with Crippen molar-refractivity contribution >= 4 is 51.2 Å². The molecule has 1 aromatic heterocycles. The maximum Gasteiger partial charge on any atom is 0.416 e. The SMILES string of the molecule is COC(=O)c1ccc(Cn2cc(-c3ccc(Cl)cc3Cl)nc2/C=C/c2ccc(-c3ccc(C(F)(F)F)cc3)cc2)c(CS(C)(=O)=O)c1. The molecule has 0 aliphatic rings. The number of rotatable bonds is 9. The number of esters is 1. The zero-order valence-corrected chi connectivity index (χ0v) is 27.4. The highest BCUT2D eigenvalue weighted by molar-refractivity contribution is 7.89. The molecule has 0 fully saturated rings. The zero-order chi connectivity index (χ0) is 33.9. The van der Waals surface area contributed by atoms with Gasteiger partial charge in [0.2, 0.25) is 0 Å². The van der Waals surface area contributed by atoms with E-state index in [0.29, 0.717) is 43.8 Å². The summed E-state index contributed by atoms with van der Waals surface area (Å²) >= 11 is 12.6. The molecule has 0 saturated carbocycles. The van der Waals surface area contributed by atoms with Gasteiger partial charge in [-0.3, -0.25) is 0 Å². The van der Waals surface area contributed by atoms with Crippen LogP contribution in [0.1, 0.15) is 38.4 Å². The lowest BCUT2D eigenvalue weighted by molar-refractivity contribution is -0.137. The van der Waals surface area contributed by atoms with Gasteiger partial charge in [0, 0.05) is 29.6 Å². The van der Waals surface area contributed by atoms with Crippen LogP contribution in [0.2, 0.25) is 10.0 Å². The third-order valence-electron chi connectivity index (χ3n) is 7.28. The van der Waals surface area contributed by atoms with Crippen LogP contribution in [0.5, 0.6) is 0 Å². The zero-order valence-electron chi connectivity index (χ0n) is 25.1. The number of nitrogens with zero attached hydrogens (tertiary/aromatic N) is 2. The lowest BCUT2D eigenvalue weighted by atomic mass is 10.0. The van der Waals surface area contributed by atoms with Gasteiger partial charge in [0.25, 0.3) is 0 Å². The first kappa shape index (κ1) is 34.0. The van der Waals surface area contributed by atoms with Crippen molar-refractivity contribution in [3.8, 4) is 22.4 Å². The highest BCUT2D eigenvalue weighted by Crippen LogP contribution is 2.32. The van der Waals surface area contributed by atoms with Gasteiger partial charge in [0.1, 0.15) is 5.82 Å². The summed E-state index contributed by atoms with van der Waals surface area (Å²) in [5, 5.41) is 0.867. The Balaban J connectivity index is 1.50. The van der Waals surface area contributed by atoms with E-state index in [1.165, 1.54) is 25.3 Å². The second-order valence-electron chi connectivity index (χ2n) is 10.8. The van der Waals surface area contributed by atoms with E-state index < -0.39 is 27.5 Å². The first-order valence-corrected chi connectivity index (χ1v) is 16.9. The Morgan fingerprint density at radius 1 is 0.894 bits per heavy atom. The van der Waals surface area contributed by atoms with Gasteiger partial charge in [0.15, 0.2) is 9.84 Å². The van der Waals surface area contributed by atoms with Crippen molar-refractivity contribution in [3.63, 3.8) is 0 Å². The third-order valence-corrected chi connectivity index (χ3v) is 8.66. The molecule has 0 aliphatic heterocycles. The molecule has 12 heteroatoms. The maximum atomic E-state index is 13.0. The molecule has 47 heavy (non-hydrogen) atoms. The van der Waals surface area contributed by atoms with Gasteiger partial charge in [-0.05, 0) is 76.4 Å². The molecule has 0 aliphatic carbocycles. The van der Waals surface area contributed by atoms with E-state index in [1.807, 2.05) is 34.9 Å². The first-order chi connectivity index (χ1) is 22.2. The minimum atomic E-state index is -4.40. The molecule has 0 unspecified atom stereocenters. The van der Waals surface area contributed by atoms with Crippen LogP contribution in [0, 0.1) is 0 Å². The molecule has 1 heterocycles. The Morgan fingerprint density at radius 3 is 2.15 bits per heavy atom. The van der Waals surface area contributed by atoms with E-state index in [4.69, 9.17) is 32.9 Å². The molecule has 0 saturated heterocycles. The van der Waals surface area contributed by atoms with Gasteiger partial charge in [-0.25, -0.2) is 18.2 Å². The Labute approximate surface area is 280 Å². The monoisotopic (exact) mass is 698 g/mol. The van der Waals surface area contributed by atoms with Crippen LogP contribution in [-0.4, -0.2) is 37.3 Å². The number of benzene rings is 4. The van der Waals surface area contributed by atoms with Gasteiger partial charge in [0.05, 0.1) is 34.7 Å². The number of sulfone groups is 1. The summed E-state index contributed by atoms with van der Waals surface area (Å²) in [4.78, 5) is 17.0. The topological polar surface area (TPSA) is 78.3 Å². The number of alkyl halides is 3. The highest BCUT2D eigenvalue weighted by atomic mass is 35.5. The lowest BCUT2D eigenvalue weighted by Crippen LogP contribution is -2.10. The van der Waals surface area contributed by atoms with Crippen LogP contribution in [0.3, 0.4) is 0 Å². The fourth-order valence-electron chi connectivity index (χ4n) is 4.95. The molecule has 5 aromatic rings. The summed E-state index contributed by atoms with van der Waals surface area (Å²) in [7, 11) is -2.20. The van der Waals surface area contributed by atoms with Crippen LogP contribution in [0.15, 0.2) is 91.1 Å². The minimum Gasteiger partial charge on any atom is -0.465 e. The number of hydrogen-bond donors (Lipinski definition) is 0. The summed E-state index contributed by atoms with van der Waals surface area (Å²) in [6, 6.07) is 22.1. The fraction of sp³-hybridized carbons (Fsp3) is 0.143. The van der Waals surface area contributed by atoms with Gasteiger partial charge < -0.3 is 9.30 Å². The van der Waals surface area contributed by atoms with Crippen LogP contribution in [-0.2, 0) is 33.0 Å². The summed E-state index contributed by atoms with van der Waals surface area (Å²) in [5.74, 6) is -0.337. The standard InChI is InChI=1S/C35H27Cl2F3N2O4S/c1-46-34(43)25-8-9-26(27(17-25)21-47(2,44)45)19-42-20-32(30-15-14-29(36)18-31(30)37)41-33(42)16-5-22-3-6-23(7-4-22)24-10-12-28(13-11-24)35(38,39)40/h3-18,20H,19,21H2,1-2H3/b16-5+. The molecule has 0 spiro atoms. The molecule has 5 rings (SSSR count). The second kappa shape index (κ2) is 13.8. The van der Waals surface area contributed by atoms with E-state index in [2.05, 4.69) is 0 Å². The third kappa shape index (κ3) is 8.51. The van der Waals surface area contributed by atoms with Crippen molar-refractivity contribution < 1.29 is 31.1 Å². The van der Waals surface area contributed by atoms with E-state index in [0.717, 1.165) is 29.5 Å². The number of halogens is 5. The molecule has 0 N–H and O–H groups in total. The molecule has 0 bridgehead atoms. The smallest absolute Gasteiger partial charge is 0.416 e. The van der Waals surface area contributed by atoms with E-state index >= 15 is 0 Å². The van der Waals surface area contributed by atoms with Gasteiger partial charge >= 0.3 is 12.1 Å². The van der Waals surface area contributed by atoms with Crippen molar-refractivity contribution in [2.75, 3.05) is 13.4 Å². The lowest BCUT2D eigenvalue weighted by Gasteiger charge is -2.13. The molecule has 4 aromatic carbocycles. The van der Waals surface area contributed by atoms with Crippen molar-refractivity contribution in [3.05, 3.63) is 135 Å². The summed E-state index contributed by atoms with van der Waals surface area (Å²) in [6.45, 7) is 0.219. The number of methoxy groups -OCH3 is 1. The summed E-state index contributed by atoms with van der Waals surface area (Å²) < 4.78 is 70.1. The largest absolute Gasteiger partial charge is 0.465 e. The van der Waals surface area contributed by atoms with E-state index in [9.17, 15) is 26.4 Å². The van der Waals surface area contributed by atoms with Crippen LogP contribution in [0.25, 0.3) is 34.5 Å². The minimum absolute atomic E-state index is 0.219. The average molecular weight is 700 g/mol. The Kier molecular flexibility index (Phi) is 9.95. The Bertz CT molecular complexity index is 2070. The van der Waals surface area contributed by atoms with Crippen LogP contribution >= 0.6 is 23.2 Å². The maximum absolute atomic E-state index is 13.0. The number of ether oxygens (including phenoxy) is 1. The van der Waals surface area contributed by atoms with E-state index in [-0.39, 0.29) is 17.9 Å². The number of carbonyl (C=O) groups is 1. The van der Waals surface area contributed by atoms with Crippen molar-refractivity contribution in [1.29, 1.82) is 0 Å². The molecule has 242 valence electrons. The van der Waals surface area contributed by atoms with Crippen LogP contribution < -0.4 is 0 Å². The van der Waals surface area contributed by atoms with Crippen molar-refractivity contribution in [1.82, 2.24) is 9.55 Å². The Morgan fingerprint density at radius 2 is 1.55 bits per heavy atom. The number of carbonyl (C=O) groups excluding carboxylic acids is 1. The van der Waals surface area contributed by atoms with E-state index in [1.54, 1.807) is 42.6 Å². The number of aromatic nitrogens is 2. The van der Waals surface area contributed by atoms with Crippen molar-refractivity contribution in [2.45, 2.75) is 18.5 Å². The predicted octanol–water partition coefficient (Wildman–Crippen LogP) is 9.09. The molecule has 0 atom stereocenters. The van der Waals surface area contributed by atoms with Crippen LogP contribution in [0.4, 0.5) is 13.2 Å². The molecular formula is C35H27Cl2F3N2O4S. The summed E-state index contributed by atoms with van der Waals surface area (Å²) in [6.07, 6.45) is 2.14. The van der Waals surface area contributed by atoms with Gasteiger partial charge in [-0.1, -0.05) is 71.7 Å². The number of hydrogen-bond acceptors (Lipinski definition) is 5. The molecule has 0 amide bonds. The normalized spacial score (nSPS) is 12.1. The molecule has 6 nitrogen and oxygen atoms in total. The molecule has 0 radical (unpaired) electrons.